The SMILES string of the molecule is C=Cn1cc[n+](CCN)c1.[Cl-]. The van der Waals surface area contributed by atoms with Crippen LogP contribution in [0.15, 0.2) is 25.3 Å². The average Bonchev–Trinajstić information content (AvgIpc) is 2.37. The molecule has 0 unspecified atom stereocenters. The first-order chi connectivity index (χ1) is 4.86. The van der Waals surface area contributed by atoms with Gasteiger partial charge in [0.1, 0.15) is 18.9 Å². The van der Waals surface area contributed by atoms with Gasteiger partial charge in [-0.25, -0.2) is 9.13 Å². The summed E-state index contributed by atoms with van der Waals surface area (Å²) < 4.78 is 3.90. The fraction of sp³-hybridized carbons (Fsp3) is 0.286. The van der Waals surface area contributed by atoms with Crippen molar-refractivity contribution in [3.63, 3.8) is 0 Å². The van der Waals surface area contributed by atoms with E-state index in [9.17, 15) is 0 Å². The maximum absolute atomic E-state index is 5.36. The summed E-state index contributed by atoms with van der Waals surface area (Å²) in [4.78, 5) is 0. The summed E-state index contributed by atoms with van der Waals surface area (Å²) in [7, 11) is 0. The first kappa shape index (κ1) is 10.2. The maximum Gasteiger partial charge on any atom is 0.248 e. The minimum Gasteiger partial charge on any atom is -1.00 e. The number of nitrogens with zero attached hydrogens (tertiary/aromatic N) is 2. The molecule has 0 aliphatic rings. The molecule has 2 N–H and O–H groups in total. The van der Waals surface area contributed by atoms with E-state index in [0.717, 1.165) is 6.54 Å². The second kappa shape index (κ2) is 4.93. The molecule has 1 aromatic rings. The molecule has 62 valence electrons. The van der Waals surface area contributed by atoms with Crippen molar-refractivity contribution in [3.8, 4) is 0 Å². The molecule has 0 saturated carbocycles. The lowest BCUT2D eigenvalue weighted by Crippen LogP contribution is -3.00. The van der Waals surface area contributed by atoms with E-state index in [-0.39, 0.29) is 12.4 Å². The van der Waals surface area contributed by atoms with Crippen LogP contribution >= 0.6 is 0 Å². The summed E-state index contributed by atoms with van der Waals surface area (Å²) in [5.41, 5.74) is 5.36. The van der Waals surface area contributed by atoms with Crippen molar-refractivity contribution in [1.82, 2.24) is 4.57 Å². The lowest BCUT2D eigenvalue weighted by atomic mass is 10.6. The third kappa shape index (κ3) is 2.74. The molecule has 1 heterocycles. The first-order valence-corrected chi connectivity index (χ1v) is 3.26. The molecule has 0 spiro atoms. The van der Waals surface area contributed by atoms with Crippen molar-refractivity contribution >= 4 is 6.20 Å². The topological polar surface area (TPSA) is 34.8 Å². The molecule has 0 fully saturated rings. The van der Waals surface area contributed by atoms with Crippen LogP contribution in [0.3, 0.4) is 0 Å². The third-order valence-corrected chi connectivity index (χ3v) is 1.31. The Kier molecular flexibility index (Phi) is 4.57. The zero-order chi connectivity index (χ0) is 7.40. The average molecular weight is 174 g/mol. The lowest BCUT2D eigenvalue weighted by molar-refractivity contribution is -0.693. The van der Waals surface area contributed by atoms with Gasteiger partial charge < -0.3 is 18.1 Å². The number of hydrogen-bond acceptors (Lipinski definition) is 1. The smallest absolute Gasteiger partial charge is 0.248 e. The number of aromatic nitrogens is 2. The summed E-state index contributed by atoms with van der Waals surface area (Å²) in [6.45, 7) is 5.16. The largest absolute Gasteiger partial charge is 1.00 e. The van der Waals surface area contributed by atoms with Gasteiger partial charge in [0.25, 0.3) is 0 Å². The van der Waals surface area contributed by atoms with Gasteiger partial charge in [-0.05, 0) is 0 Å². The van der Waals surface area contributed by atoms with Gasteiger partial charge in [0.15, 0.2) is 0 Å². The molecule has 4 heteroatoms. The molecule has 0 atom stereocenters. The van der Waals surface area contributed by atoms with Gasteiger partial charge in [-0.2, -0.15) is 0 Å². The van der Waals surface area contributed by atoms with Gasteiger partial charge in [-0.1, -0.05) is 6.58 Å². The molecule has 1 aromatic heterocycles. The van der Waals surface area contributed by atoms with E-state index < -0.39 is 0 Å². The van der Waals surface area contributed by atoms with Gasteiger partial charge >= 0.3 is 0 Å². The van der Waals surface area contributed by atoms with Crippen LogP contribution < -0.4 is 22.7 Å². The van der Waals surface area contributed by atoms with E-state index >= 15 is 0 Å². The fourth-order valence-corrected chi connectivity index (χ4v) is 0.800. The van der Waals surface area contributed by atoms with E-state index in [4.69, 9.17) is 5.73 Å². The zero-order valence-corrected chi connectivity index (χ0v) is 7.04. The molecular formula is C7H12ClN3. The molecule has 0 amide bonds. The minimum absolute atomic E-state index is 0. The van der Waals surface area contributed by atoms with Crippen LogP contribution in [-0.2, 0) is 6.54 Å². The molecule has 0 radical (unpaired) electrons. The van der Waals surface area contributed by atoms with Gasteiger partial charge in [-0.3, -0.25) is 0 Å². The van der Waals surface area contributed by atoms with Gasteiger partial charge in [0.2, 0.25) is 6.33 Å². The Balaban J connectivity index is 0.000001000. The van der Waals surface area contributed by atoms with E-state index in [1.54, 1.807) is 6.20 Å². The van der Waals surface area contributed by atoms with Crippen molar-refractivity contribution < 1.29 is 17.0 Å². The predicted molar refractivity (Wildman–Crippen MR) is 40.1 cm³/mol. The molecule has 0 saturated heterocycles. The Labute approximate surface area is 72.5 Å². The summed E-state index contributed by atoms with van der Waals surface area (Å²) >= 11 is 0. The summed E-state index contributed by atoms with van der Waals surface area (Å²) in [6, 6.07) is 0. The van der Waals surface area contributed by atoms with Crippen LogP contribution in [-0.4, -0.2) is 11.1 Å². The highest BCUT2D eigenvalue weighted by Crippen LogP contribution is 1.81. The number of nitrogens with two attached hydrogens (primary N) is 1. The molecule has 1 rings (SSSR count). The number of hydrogen-bond donors (Lipinski definition) is 1. The van der Waals surface area contributed by atoms with E-state index in [1.165, 1.54) is 0 Å². The highest BCUT2D eigenvalue weighted by atomic mass is 35.5. The van der Waals surface area contributed by atoms with E-state index in [0.29, 0.717) is 6.54 Å². The highest BCUT2D eigenvalue weighted by molar-refractivity contribution is 5.12. The van der Waals surface area contributed by atoms with E-state index in [2.05, 4.69) is 6.58 Å². The summed E-state index contributed by atoms with van der Waals surface area (Å²) in [5.74, 6) is 0. The Bertz CT molecular complexity index is 219. The van der Waals surface area contributed by atoms with Crippen LogP contribution in [0.4, 0.5) is 0 Å². The monoisotopic (exact) mass is 173 g/mol. The number of imidazole rings is 1. The first-order valence-electron chi connectivity index (χ1n) is 3.26. The van der Waals surface area contributed by atoms with Crippen molar-refractivity contribution in [3.05, 3.63) is 25.3 Å². The van der Waals surface area contributed by atoms with Gasteiger partial charge in [0, 0.05) is 6.54 Å². The third-order valence-electron chi connectivity index (χ3n) is 1.31. The van der Waals surface area contributed by atoms with Gasteiger partial charge in [0.05, 0.1) is 6.20 Å². The van der Waals surface area contributed by atoms with Crippen molar-refractivity contribution in [2.75, 3.05) is 6.54 Å². The molecular weight excluding hydrogens is 162 g/mol. The van der Waals surface area contributed by atoms with Crippen LogP contribution in [0.2, 0.25) is 0 Å². The van der Waals surface area contributed by atoms with Crippen LogP contribution in [0.1, 0.15) is 0 Å². The molecule has 0 aromatic carbocycles. The lowest BCUT2D eigenvalue weighted by Gasteiger charge is -1.87. The van der Waals surface area contributed by atoms with Crippen LogP contribution in [0, 0.1) is 0 Å². The Hall–Kier alpha value is -0.800. The Morgan fingerprint density at radius 1 is 1.64 bits per heavy atom. The van der Waals surface area contributed by atoms with E-state index in [1.807, 2.05) is 27.9 Å². The number of rotatable bonds is 3. The maximum atomic E-state index is 5.36. The standard InChI is InChI=1S/C7H12N3.ClH/c1-2-9-5-6-10(7-9)4-3-8;/h2,5-7H,1,3-4,8H2;1H/q+1;/p-1. The molecule has 0 aliphatic carbocycles. The zero-order valence-electron chi connectivity index (χ0n) is 6.28. The highest BCUT2D eigenvalue weighted by Gasteiger charge is 1.96. The molecule has 11 heavy (non-hydrogen) atoms. The second-order valence-corrected chi connectivity index (χ2v) is 2.07. The predicted octanol–water partition coefficient (Wildman–Crippen LogP) is -3.16. The molecule has 0 bridgehead atoms. The Morgan fingerprint density at radius 3 is 2.82 bits per heavy atom. The summed E-state index contributed by atoms with van der Waals surface area (Å²) in [5, 5.41) is 0. The fourth-order valence-electron chi connectivity index (χ4n) is 0.800. The quantitative estimate of drug-likeness (QED) is 0.482. The molecule has 0 aliphatic heterocycles. The van der Waals surface area contributed by atoms with Crippen LogP contribution in [0.5, 0.6) is 0 Å². The van der Waals surface area contributed by atoms with Gasteiger partial charge in [-0.15, -0.1) is 0 Å². The minimum atomic E-state index is 0. The molecule has 3 nitrogen and oxygen atoms in total. The normalized spacial score (nSPS) is 8.82. The second-order valence-electron chi connectivity index (χ2n) is 2.07. The van der Waals surface area contributed by atoms with Crippen LogP contribution in [0.25, 0.3) is 6.20 Å². The van der Waals surface area contributed by atoms with Crippen molar-refractivity contribution in [2.24, 2.45) is 5.73 Å². The van der Waals surface area contributed by atoms with Crippen molar-refractivity contribution in [1.29, 1.82) is 0 Å². The Morgan fingerprint density at radius 2 is 2.36 bits per heavy atom. The number of halogens is 1. The van der Waals surface area contributed by atoms with Crippen molar-refractivity contribution in [2.45, 2.75) is 6.54 Å². The summed E-state index contributed by atoms with van der Waals surface area (Å²) in [6.07, 6.45) is 7.59.